The number of anilines is 2. The molecule has 0 spiro atoms. The van der Waals surface area contributed by atoms with Crippen molar-refractivity contribution in [3.05, 3.63) is 48.7 Å². The van der Waals surface area contributed by atoms with E-state index in [1.54, 1.807) is 17.4 Å². The van der Waals surface area contributed by atoms with Crippen molar-refractivity contribution >= 4 is 40.0 Å². The number of morpholine rings is 1. The first-order chi connectivity index (χ1) is 15.0. The molecule has 0 aliphatic carbocycles. The molecule has 1 atom stereocenters. The Hall–Kier alpha value is -2.43. The lowest BCUT2D eigenvalue weighted by atomic mass is 10.2. The molecule has 1 fully saturated rings. The third-order valence-electron chi connectivity index (χ3n) is 4.89. The van der Waals surface area contributed by atoms with E-state index in [0.29, 0.717) is 36.9 Å². The molecule has 2 aromatic carbocycles. The number of ether oxygens (including phenoxy) is 1. The van der Waals surface area contributed by atoms with Crippen LogP contribution in [-0.4, -0.2) is 53.1 Å². The Morgan fingerprint density at radius 3 is 2.55 bits per heavy atom. The molecule has 0 saturated carbocycles. The van der Waals surface area contributed by atoms with Crippen LogP contribution in [0, 0.1) is 0 Å². The minimum absolute atomic E-state index is 0.166. The van der Waals surface area contributed by atoms with Gasteiger partial charge in [-0.05, 0) is 36.4 Å². The van der Waals surface area contributed by atoms with E-state index in [0.717, 1.165) is 26.7 Å². The number of nitrogens with one attached hydrogen (secondary N) is 2. The Balaban J connectivity index is 1.69. The molecule has 1 saturated heterocycles. The molecule has 162 valence electrons. The predicted octanol–water partition coefficient (Wildman–Crippen LogP) is 3.83. The van der Waals surface area contributed by atoms with Crippen molar-refractivity contribution in [1.29, 1.82) is 0 Å². The molecule has 1 aromatic heterocycles. The van der Waals surface area contributed by atoms with Crippen molar-refractivity contribution in [3.63, 3.8) is 0 Å². The second-order valence-corrected chi connectivity index (χ2v) is 9.52. The van der Waals surface area contributed by atoms with Crippen LogP contribution in [0.2, 0.25) is 0 Å². The van der Waals surface area contributed by atoms with E-state index in [4.69, 9.17) is 4.74 Å². The van der Waals surface area contributed by atoms with Gasteiger partial charge in [-0.3, -0.25) is 4.79 Å². The zero-order valence-electron chi connectivity index (χ0n) is 17.4. The fourth-order valence-electron chi connectivity index (χ4n) is 3.31. The molecule has 2 heterocycles. The summed E-state index contributed by atoms with van der Waals surface area (Å²) in [6, 6.07) is 13.6. The van der Waals surface area contributed by atoms with Gasteiger partial charge in [0.25, 0.3) is 0 Å². The molecule has 9 heteroatoms. The first kappa shape index (κ1) is 21.8. The summed E-state index contributed by atoms with van der Waals surface area (Å²) < 4.78 is 20.7. The molecule has 1 amide bonds. The van der Waals surface area contributed by atoms with Crippen LogP contribution in [-0.2, 0) is 20.9 Å². The van der Waals surface area contributed by atoms with Gasteiger partial charge in [0, 0.05) is 43.2 Å². The predicted molar refractivity (Wildman–Crippen MR) is 126 cm³/mol. The number of amides is 1. The first-order valence-corrected chi connectivity index (χ1v) is 11.9. The fraction of sp³-hybridized carbons (Fsp3) is 0.273. The number of benzene rings is 2. The SMILES string of the molecule is CNc1ccc(-c2ncc(-c3ccc(NC(C)=O)cc3[S+]([O-])N3CCOCC3)s2)cc1. The summed E-state index contributed by atoms with van der Waals surface area (Å²) in [7, 11) is 1.89. The minimum Gasteiger partial charge on any atom is -0.593 e. The Morgan fingerprint density at radius 2 is 1.87 bits per heavy atom. The van der Waals surface area contributed by atoms with Gasteiger partial charge in [-0.25, -0.2) is 4.98 Å². The van der Waals surface area contributed by atoms with E-state index in [9.17, 15) is 9.35 Å². The average molecular weight is 457 g/mol. The number of hydrogen-bond acceptors (Lipinski definition) is 7. The van der Waals surface area contributed by atoms with Gasteiger partial charge in [-0.1, -0.05) is 0 Å². The van der Waals surface area contributed by atoms with Crippen molar-refractivity contribution in [2.75, 3.05) is 44.0 Å². The topological polar surface area (TPSA) is 89.5 Å². The molecule has 4 rings (SSSR count). The summed E-state index contributed by atoms with van der Waals surface area (Å²) in [5.74, 6) is -0.166. The zero-order valence-corrected chi connectivity index (χ0v) is 19.0. The summed E-state index contributed by atoms with van der Waals surface area (Å²) in [6.45, 7) is 3.77. The highest BCUT2D eigenvalue weighted by Crippen LogP contribution is 2.38. The Morgan fingerprint density at radius 1 is 1.16 bits per heavy atom. The maximum atomic E-state index is 13.4. The summed E-state index contributed by atoms with van der Waals surface area (Å²) in [5.41, 5.74) is 3.55. The fourth-order valence-corrected chi connectivity index (χ4v) is 5.69. The van der Waals surface area contributed by atoms with Crippen molar-refractivity contribution in [2.45, 2.75) is 11.8 Å². The highest BCUT2D eigenvalue weighted by molar-refractivity contribution is 7.89. The number of thiazole rings is 1. The maximum absolute atomic E-state index is 13.4. The van der Waals surface area contributed by atoms with Gasteiger partial charge < -0.3 is 19.9 Å². The second kappa shape index (κ2) is 9.80. The van der Waals surface area contributed by atoms with Crippen LogP contribution in [0.25, 0.3) is 21.0 Å². The van der Waals surface area contributed by atoms with Crippen LogP contribution in [0.1, 0.15) is 6.92 Å². The smallest absolute Gasteiger partial charge is 0.221 e. The van der Waals surface area contributed by atoms with Gasteiger partial charge in [0.2, 0.25) is 5.91 Å². The molecule has 1 aliphatic rings. The van der Waals surface area contributed by atoms with E-state index >= 15 is 0 Å². The number of nitrogens with zero attached hydrogens (tertiary/aromatic N) is 2. The van der Waals surface area contributed by atoms with E-state index in [2.05, 4.69) is 15.6 Å². The molecule has 2 N–H and O–H groups in total. The van der Waals surface area contributed by atoms with Gasteiger partial charge >= 0.3 is 0 Å². The molecule has 0 radical (unpaired) electrons. The summed E-state index contributed by atoms with van der Waals surface area (Å²) >= 11 is 0.180. The number of aromatic nitrogens is 1. The van der Waals surface area contributed by atoms with Crippen molar-refractivity contribution in [3.8, 4) is 21.0 Å². The lowest BCUT2D eigenvalue weighted by molar-refractivity contribution is -0.114. The van der Waals surface area contributed by atoms with Crippen molar-refractivity contribution < 1.29 is 14.1 Å². The average Bonchev–Trinajstić information content (AvgIpc) is 3.29. The van der Waals surface area contributed by atoms with Crippen LogP contribution in [0.5, 0.6) is 0 Å². The highest BCUT2D eigenvalue weighted by Gasteiger charge is 2.29. The zero-order chi connectivity index (χ0) is 21.8. The van der Waals surface area contributed by atoms with Crippen LogP contribution >= 0.6 is 11.3 Å². The van der Waals surface area contributed by atoms with Gasteiger partial charge in [0.1, 0.15) is 5.01 Å². The lowest BCUT2D eigenvalue weighted by Crippen LogP contribution is -2.40. The molecule has 7 nitrogen and oxygen atoms in total. The number of hydrogen-bond donors (Lipinski definition) is 2. The van der Waals surface area contributed by atoms with E-state index in [1.807, 2.05) is 53.9 Å². The third kappa shape index (κ3) is 5.08. The van der Waals surface area contributed by atoms with Crippen molar-refractivity contribution in [2.24, 2.45) is 0 Å². The summed E-state index contributed by atoms with van der Waals surface area (Å²) in [4.78, 5) is 17.7. The third-order valence-corrected chi connectivity index (χ3v) is 7.51. The van der Waals surface area contributed by atoms with Gasteiger partial charge in [0.05, 0.1) is 48.1 Å². The normalized spacial score (nSPS) is 15.5. The van der Waals surface area contributed by atoms with E-state index < -0.39 is 11.4 Å². The van der Waals surface area contributed by atoms with Gasteiger partial charge in [-0.2, -0.15) is 0 Å². The minimum atomic E-state index is -1.37. The molecule has 1 unspecified atom stereocenters. The maximum Gasteiger partial charge on any atom is 0.221 e. The Kier molecular flexibility index (Phi) is 6.89. The summed E-state index contributed by atoms with van der Waals surface area (Å²) in [6.07, 6.45) is 1.82. The summed E-state index contributed by atoms with van der Waals surface area (Å²) in [5, 5.41) is 6.80. The molecule has 1 aliphatic heterocycles. The molecule has 31 heavy (non-hydrogen) atoms. The largest absolute Gasteiger partial charge is 0.593 e. The quantitative estimate of drug-likeness (QED) is 0.548. The van der Waals surface area contributed by atoms with Crippen LogP contribution in [0.4, 0.5) is 11.4 Å². The van der Waals surface area contributed by atoms with Crippen LogP contribution < -0.4 is 10.6 Å². The first-order valence-electron chi connectivity index (χ1n) is 9.96. The number of carbonyl (C=O) groups excluding carboxylic acids is 1. The highest BCUT2D eigenvalue weighted by atomic mass is 32.2. The molecule has 3 aromatic rings. The van der Waals surface area contributed by atoms with Gasteiger partial charge in [0.15, 0.2) is 4.90 Å². The van der Waals surface area contributed by atoms with Crippen LogP contribution in [0.15, 0.2) is 53.6 Å². The van der Waals surface area contributed by atoms with E-state index in [-0.39, 0.29) is 5.91 Å². The van der Waals surface area contributed by atoms with Crippen LogP contribution in [0.3, 0.4) is 0 Å². The number of rotatable bonds is 6. The molecule has 0 bridgehead atoms. The Bertz CT molecular complexity index is 1050. The molecular formula is C22H24N4O3S2. The lowest BCUT2D eigenvalue weighted by Gasteiger charge is -2.28. The Labute approximate surface area is 188 Å². The van der Waals surface area contributed by atoms with Crippen molar-refractivity contribution in [1.82, 2.24) is 9.29 Å². The standard InChI is InChI=1S/C22H24N4O3S2/c1-15(27)25-18-7-8-19(21(13-18)31(28)26-9-11-29-12-10-26)20-14-24-22(30-20)16-3-5-17(23-2)6-4-16/h3-8,13-14,23H,9-12H2,1-2H3,(H,25,27). The van der Waals surface area contributed by atoms with Gasteiger partial charge in [-0.15, -0.1) is 15.6 Å². The van der Waals surface area contributed by atoms with E-state index in [1.165, 1.54) is 6.92 Å². The monoisotopic (exact) mass is 456 g/mol. The number of carbonyl (C=O) groups is 1. The molecular weight excluding hydrogens is 432 g/mol. The second-order valence-electron chi connectivity index (χ2n) is 7.04.